The van der Waals surface area contributed by atoms with Crippen LogP contribution >= 0.6 is 0 Å². The number of esters is 1. The van der Waals surface area contributed by atoms with E-state index in [9.17, 15) is 4.79 Å². The van der Waals surface area contributed by atoms with Crippen LogP contribution in [0.15, 0.2) is 12.8 Å². The average molecular weight is 155 g/mol. The van der Waals surface area contributed by atoms with Gasteiger partial charge in [-0.1, -0.05) is 6.58 Å². The number of rotatable bonds is 2. The first kappa shape index (κ1) is 8.11. The summed E-state index contributed by atoms with van der Waals surface area (Å²) < 4.78 is 4.64. The van der Waals surface area contributed by atoms with Crippen LogP contribution in [-0.4, -0.2) is 30.6 Å². The first-order valence-corrected chi connectivity index (χ1v) is 3.75. The monoisotopic (exact) mass is 155 g/mol. The SMILES string of the molecule is C=CN1CCCC1C(=O)OC. The number of ether oxygens (including phenoxy) is 1. The van der Waals surface area contributed by atoms with Crippen LogP contribution in [0.3, 0.4) is 0 Å². The molecule has 62 valence electrons. The number of hydrogen-bond acceptors (Lipinski definition) is 3. The second-order valence-corrected chi connectivity index (χ2v) is 2.60. The number of methoxy groups -OCH3 is 1. The minimum absolute atomic E-state index is 0.0856. The molecule has 1 heterocycles. The van der Waals surface area contributed by atoms with Gasteiger partial charge in [-0.2, -0.15) is 0 Å². The zero-order valence-corrected chi connectivity index (χ0v) is 6.75. The summed E-state index contributed by atoms with van der Waals surface area (Å²) in [6.07, 6.45) is 3.64. The molecule has 0 radical (unpaired) electrons. The fourth-order valence-corrected chi connectivity index (χ4v) is 1.40. The van der Waals surface area contributed by atoms with Crippen LogP contribution in [0.4, 0.5) is 0 Å². The number of likely N-dealkylation sites (tertiary alicyclic amines) is 1. The van der Waals surface area contributed by atoms with Crippen LogP contribution in [0.1, 0.15) is 12.8 Å². The predicted molar refractivity (Wildman–Crippen MR) is 41.9 cm³/mol. The van der Waals surface area contributed by atoms with Gasteiger partial charge in [0.15, 0.2) is 0 Å². The third-order valence-corrected chi connectivity index (χ3v) is 2.00. The largest absolute Gasteiger partial charge is 0.467 e. The fourth-order valence-electron chi connectivity index (χ4n) is 1.40. The van der Waals surface area contributed by atoms with E-state index >= 15 is 0 Å². The first-order chi connectivity index (χ1) is 5.29. The lowest BCUT2D eigenvalue weighted by Crippen LogP contribution is -2.32. The molecule has 1 fully saturated rings. The molecule has 3 nitrogen and oxygen atoms in total. The van der Waals surface area contributed by atoms with Gasteiger partial charge in [0, 0.05) is 6.54 Å². The molecule has 0 N–H and O–H groups in total. The van der Waals surface area contributed by atoms with Crippen molar-refractivity contribution >= 4 is 5.97 Å². The van der Waals surface area contributed by atoms with E-state index in [1.165, 1.54) is 7.11 Å². The molecule has 0 bridgehead atoms. The minimum atomic E-state index is -0.151. The van der Waals surface area contributed by atoms with Gasteiger partial charge in [-0.3, -0.25) is 0 Å². The second-order valence-electron chi connectivity index (χ2n) is 2.60. The van der Waals surface area contributed by atoms with E-state index in [0.29, 0.717) is 0 Å². The molecule has 0 spiro atoms. The zero-order chi connectivity index (χ0) is 8.27. The van der Waals surface area contributed by atoms with E-state index in [1.54, 1.807) is 6.20 Å². The van der Waals surface area contributed by atoms with Crippen molar-refractivity contribution in [3.05, 3.63) is 12.8 Å². The quantitative estimate of drug-likeness (QED) is 0.551. The Hall–Kier alpha value is -0.990. The predicted octanol–water partition coefficient (Wildman–Crippen LogP) is 0.767. The van der Waals surface area contributed by atoms with Crippen molar-refractivity contribution in [2.45, 2.75) is 18.9 Å². The molecule has 1 unspecified atom stereocenters. The second kappa shape index (κ2) is 3.42. The molecule has 1 atom stereocenters. The van der Waals surface area contributed by atoms with Crippen LogP contribution in [0, 0.1) is 0 Å². The standard InChI is InChI=1S/C8H13NO2/c1-3-9-6-4-5-7(9)8(10)11-2/h3,7H,1,4-6H2,2H3. The number of carbonyl (C=O) groups is 1. The lowest BCUT2D eigenvalue weighted by Gasteiger charge is -2.19. The molecule has 11 heavy (non-hydrogen) atoms. The van der Waals surface area contributed by atoms with Crippen LogP contribution in [-0.2, 0) is 9.53 Å². The molecular weight excluding hydrogens is 142 g/mol. The molecule has 0 aromatic rings. The molecule has 0 saturated carbocycles. The van der Waals surface area contributed by atoms with Gasteiger partial charge in [-0.05, 0) is 19.0 Å². The first-order valence-electron chi connectivity index (χ1n) is 3.75. The Morgan fingerprint density at radius 3 is 3.09 bits per heavy atom. The highest BCUT2D eigenvalue weighted by molar-refractivity contribution is 5.76. The Morgan fingerprint density at radius 2 is 2.55 bits per heavy atom. The van der Waals surface area contributed by atoms with E-state index in [-0.39, 0.29) is 12.0 Å². The Kier molecular flexibility index (Phi) is 2.52. The van der Waals surface area contributed by atoms with Gasteiger partial charge in [0.05, 0.1) is 7.11 Å². The molecule has 0 aromatic heterocycles. The highest BCUT2D eigenvalue weighted by Gasteiger charge is 2.28. The summed E-state index contributed by atoms with van der Waals surface area (Å²) in [5, 5.41) is 0. The smallest absolute Gasteiger partial charge is 0.328 e. The number of carbonyl (C=O) groups excluding carboxylic acids is 1. The Balaban J connectivity index is 2.56. The van der Waals surface area contributed by atoms with Crippen LogP contribution in [0.5, 0.6) is 0 Å². The number of hydrogen-bond donors (Lipinski definition) is 0. The molecular formula is C8H13NO2. The summed E-state index contributed by atoms with van der Waals surface area (Å²) in [5.41, 5.74) is 0. The normalized spacial score (nSPS) is 23.4. The van der Waals surface area contributed by atoms with Crippen molar-refractivity contribution in [2.75, 3.05) is 13.7 Å². The third kappa shape index (κ3) is 1.53. The van der Waals surface area contributed by atoms with Gasteiger partial charge in [0.1, 0.15) is 6.04 Å². The molecule has 3 heteroatoms. The van der Waals surface area contributed by atoms with Crippen molar-refractivity contribution in [1.82, 2.24) is 4.90 Å². The Morgan fingerprint density at radius 1 is 1.82 bits per heavy atom. The van der Waals surface area contributed by atoms with Gasteiger partial charge in [0.2, 0.25) is 0 Å². The van der Waals surface area contributed by atoms with Crippen LogP contribution < -0.4 is 0 Å². The molecule has 0 amide bonds. The van der Waals surface area contributed by atoms with E-state index in [1.807, 2.05) is 4.90 Å². The van der Waals surface area contributed by atoms with Crippen molar-refractivity contribution in [1.29, 1.82) is 0 Å². The molecule has 1 rings (SSSR count). The summed E-state index contributed by atoms with van der Waals surface area (Å²) >= 11 is 0. The number of nitrogens with zero attached hydrogens (tertiary/aromatic N) is 1. The lowest BCUT2D eigenvalue weighted by molar-refractivity contribution is -0.144. The molecule has 1 saturated heterocycles. The van der Waals surface area contributed by atoms with Gasteiger partial charge in [-0.25, -0.2) is 4.79 Å². The maximum absolute atomic E-state index is 11.1. The Bertz CT molecular complexity index is 167. The van der Waals surface area contributed by atoms with Gasteiger partial charge in [0.25, 0.3) is 0 Å². The van der Waals surface area contributed by atoms with Gasteiger partial charge < -0.3 is 9.64 Å². The fraction of sp³-hybridized carbons (Fsp3) is 0.625. The van der Waals surface area contributed by atoms with Gasteiger partial charge in [-0.15, -0.1) is 0 Å². The highest BCUT2D eigenvalue weighted by atomic mass is 16.5. The van der Waals surface area contributed by atoms with Crippen LogP contribution in [0.2, 0.25) is 0 Å². The van der Waals surface area contributed by atoms with E-state index in [4.69, 9.17) is 0 Å². The molecule has 0 aliphatic carbocycles. The molecule has 0 aromatic carbocycles. The summed E-state index contributed by atoms with van der Waals surface area (Å²) in [6.45, 7) is 4.55. The van der Waals surface area contributed by atoms with E-state index in [2.05, 4.69) is 11.3 Å². The van der Waals surface area contributed by atoms with E-state index < -0.39 is 0 Å². The van der Waals surface area contributed by atoms with Crippen molar-refractivity contribution < 1.29 is 9.53 Å². The summed E-state index contributed by atoms with van der Waals surface area (Å²) in [4.78, 5) is 13.0. The Labute approximate surface area is 66.6 Å². The topological polar surface area (TPSA) is 29.5 Å². The summed E-state index contributed by atoms with van der Waals surface area (Å²) in [6, 6.07) is -0.0856. The molecule has 1 aliphatic heterocycles. The summed E-state index contributed by atoms with van der Waals surface area (Å²) in [7, 11) is 1.42. The van der Waals surface area contributed by atoms with E-state index in [0.717, 1.165) is 19.4 Å². The highest BCUT2D eigenvalue weighted by Crippen LogP contribution is 2.17. The maximum atomic E-state index is 11.1. The average Bonchev–Trinajstić information content (AvgIpc) is 2.50. The van der Waals surface area contributed by atoms with Crippen LogP contribution in [0.25, 0.3) is 0 Å². The zero-order valence-electron chi connectivity index (χ0n) is 6.75. The maximum Gasteiger partial charge on any atom is 0.328 e. The third-order valence-electron chi connectivity index (χ3n) is 2.00. The van der Waals surface area contributed by atoms with Crippen molar-refractivity contribution in [3.8, 4) is 0 Å². The van der Waals surface area contributed by atoms with Crippen molar-refractivity contribution in [3.63, 3.8) is 0 Å². The van der Waals surface area contributed by atoms with Crippen molar-refractivity contribution in [2.24, 2.45) is 0 Å². The van der Waals surface area contributed by atoms with Gasteiger partial charge >= 0.3 is 5.97 Å². The molecule has 1 aliphatic rings. The lowest BCUT2D eigenvalue weighted by atomic mass is 10.2. The minimum Gasteiger partial charge on any atom is -0.467 e. The summed E-state index contributed by atoms with van der Waals surface area (Å²) in [5.74, 6) is -0.151.